The second kappa shape index (κ2) is 11.9. The van der Waals surface area contributed by atoms with Gasteiger partial charge in [-0.15, -0.1) is 0 Å². The van der Waals surface area contributed by atoms with Gasteiger partial charge < -0.3 is 19.5 Å². The molecule has 0 unspecified atom stereocenters. The Morgan fingerprint density at radius 2 is 1.65 bits per heavy atom. The topological polar surface area (TPSA) is 81.2 Å². The molecule has 2 amide bonds. The molecule has 3 aromatic rings. The predicted octanol–water partition coefficient (Wildman–Crippen LogP) is 4.70. The molecular formula is C24H25N3O4. The van der Waals surface area contributed by atoms with E-state index in [1.54, 1.807) is 25.5 Å². The first-order chi connectivity index (χ1) is 15.2. The van der Waals surface area contributed by atoms with Crippen LogP contribution in [0.5, 0.6) is 17.2 Å². The SMILES string of the molecule is COc1ccccc1OCCCOc1cccc(/C=N/NC(=O)Nc2ccccc2)c1. The molecule has 0 aliphatic heterocycles. The Morgan fingerprint density at radius 3 is 2.45 bits per heavy atom. The van der Waals surface area contributed by atoms with Gasteiger partial charge in [0, 0.05) is 12.1 Å². The number of methoxy groups -OCH3 is 1. The fourth-order valence-electron chi connectivity index (χ4n) is 2.70. The lowest BCUT2D eigenvalue weighted by Gasteiger charge is -2.11. The molecule has 31 heavy (non-hydrogen) atoms. The summed E-state index contributed by atoms with van der Waals surface area (Å²) in [5.74, 6) is 2.14. The first-order valence-corrected chi connectivity index (χ1v) is 9.88. The van der Waals surface area contributed by atoms with Gasteiger partial charge in [0.1, 0.15) is 5.75 Å². The van der Waals surface area contributed by atoms with Crippen LogP contribution in [0.4, 0.5) is 10.5 Å². The Balaban J connectivity index is 1.39. The van der Waals surface area contributed by atoms with Crippen LogP contribution in [-0.2, 0) is 0 Å². The van der Waals surface area contributed by atoms with Gasteiger partial charge in [0.05, 0.1) is 26.5 Å². The molecule has 3 aromatic carbocycles. The van der Waals surface area contributed by atoms with Gasteiger partial charge in [0.15, 0.2) is 11.5 Å². The maximum absolute atomic E-state index is 11.8. The van der Waals surface area contributed by atoms with E-state index in [1.165, 1.54) is 0 Å². The predicted molar refractivity (Wildman–Crippen MR) is 121 cm³/mol. The van der Waals surface area contributed by atoms with Gasteiger partial charge in [-0.25, -0.2) is 10.2 Å². The molecule has 0 heterocycles. The van der Waals surface area contributed by atoms with Gasteiger partial charge in [0.25, 0.3) is 0 Å². The van der Waals surface area contributed by atoms with Crippen molar-refractivity contribution >= 4 is 17.9 Å². The summed E-state index contributed by atoms with van der Waals surface area (Å²) < 4.78 is 16.8. The highest BCUT2D eigenvalue weighted by atomic mass is 16.5. The average molecular weight is 419 g/mol. The second-order valence-corrected chi connectivity index (χ2v) is 6.46. The van der Waals surface area contributed by atoms with Crippen molar-refractivity contribution in [1.82, 2.24) is 5.43 Å². The standard InChI is InChI=1S/C24H25N3O4/c1-29-22-13-5-6-14-23(22)31-16-8-15-30-21-12-7-9-19(17-21)18-25-27-24(28)26-20-10-3-2-4-11-20/h2-7,9-14,17-18H,8,15-16H2,1H3,(H2,26,27,28)/b25-18+. The number of benzene rings is 3. The monoisotopic (exact) mass is 419 g/mol. The van der Waals surface area contributed by atoms with Gasteiger partial charge in [-0.2, -0.15) is 5.10 Å². The van der Waals surface area contributed by atoms with E-state index in [4.69, 9.17) is 14.2 Å². The van der Waals surface area contributed by atoms with Gasteiger partial charge in [-0.1, -0.05) is 42.5 Å². The van der Waals surface area contributed by atoms with E-state index in [9.17, 15) is 4.79 Å². The molecule has 0 saturated heterocycles. The van der Waals surface area contributed by atoms with Gasteiger partial charge in [0.2, 0.25) is 0 Å². The zero-order chi connectivity index (χ0) is 21.7. The number of ether oxygens (including phenoxy) is 3. The number of urea groups is 1. The van der Waals surface area contributed by atoms with Crippen LogP contribution in [0, 0.1) is 0 Å². The van der Waals surface area contributed by atoms with Crippen molar-refractivity contribution in [2.75, 3.05) is 25.6 Å². The third-order valence-electron chi connectivity index (χ3n) is 4.15. The third-order valence-corrected chi connectivity index (χ3v) is 4.15. The summed E-state index contributed by atoms with van der Waals surface area (Å²) in [5, 5.41) is 6.65. The van der Waals surface area contributed by atoms with Gasteiger partial charge in [-0.3, -0.25) is 0 Å². The number of para-hydroxylation sites is 3. The van der Waals surface area contributed by atoms with E-state index < -0.39 is 6.03 Å². The summed E-state index contributed by atoms with van der Waals surface area (Å²) in [6.45, 7) is 1.02. The first-order valence-electron chi connectivity index (χ1n) is 9.88. The van der Waals surface area contributed by atoms with Crippen molar-refractivity contribution in [3.05, 3.63) is 84.4 Å². The van der Waals surface area contributed by atoms with Crippen LogP contribution in [0.1, 0.15) is 12.0 Å². The number of anilines is 1. The number of nitrogens with one attached hydrogen (secondary N) is 2. The van der Waals surface area contributed by atoms with Crippen LogP contribution >= 0.6 is 0 Å². The minimum Gasteiger partial charge on any atom is -0.493 e. The van der Waals surface area contributed by atoms with Crippen LogP contribution in [-0.4, -0.2) is 32.6 Å². The highest BCUT2D eigenvalue weighted by Crippen LogP contribution is 2.25. The van der Waals surface area contributed by atoms with Crippen molar-refractivity contribution in [3.8, 4) is 17.2 Å². The molecule has 0 bridgehead atoms. The van der Waals surface area contributed by atoms with Crippen molar-refractivity contribution in [2.45, 2.75) is 6.42 Å². The molecule has 7 nitrogen and oxygen atoms in total. The van der Waals surface area contributed by atoms with Crippen molar-refractivity contribution < 1.29 is 19.0 Å². The number of rotatable bonds is 10. The van der Waals surface area contributed by atoms with Gasteiger partial charge >= 0.3 is 6.03 Å². The third kappa shape index (κ3) is 7.40. The fourth-order valence-corrected chi connectivity index (χ4v) is 2.70. The lowest BCUT2D eigenvalue weighted by Crippen LogP contribution is -2.24. The fraction of sp³-hybridized carbons (Fsp3) is 0.167. The largest absolute Gasteiger partial charge is 0.493 e. The summed E-state index contributed by atoms with van der Waals surface area (Å²) in [7, 11) is 1.62. The Morgan fingerprint density at radius 1 is 0.903 bits per heavy atom. The Kier molecular flexibility index (Phi) is 8.31. The summed E-state index contributed by atoms with van der Waals surface area (Å²) in [6.07, 6.45) is 2.28. The van der Waals surface area contributed by atoms with E-state index in [0.29, 0.717) is 30.4 Å². The summed E-state index contributed by atoms with van der Waals surface area (Å²) in [6, 6.07) is 23.7. The minimum atomic E-state index is -0.412. The van der Waals surface area contributed by atoms with Gasteiger partial charge in [-0.05, 0) is 42.0 Å². The maximum Gasteiger partial charge on any atom is 0.339 e. The lowest BCUT2D eigenvalue weighted by atomic mass is 10.2. The van der Waals surface area contributed by atoms with E-state index in [-0.39, 0.29) is 0 Å². The molecule has 3 rings (SSSR count). The maximum atomic E-state index is 11.8. The minimum absolute atomic E-state index is 0.412. The molecule has 160 valence electrons. The molecular weight excluding hydrogens is 394 g/mol. The van der Waals surface area contributed by atoms with Crippen LogP contribution < -0.4 is 25.0 Å². The number of hydrogen-bond donors (Lipinski definition) is 2. The van der Waals surface area contributed by atoms with Crippen LogP contribution in [0.3, 0.4) is 0 Å². The molecule has 0 fully saturated rings. The van der Waals surface area contributed by atoms with E-state index in [1.807, 2.05) is 66.7 Å². The Bertz CT molecular complexity index is 993. The van der Waals surface area contributed by atoms with Crippen LogP contribution in [0.15, 0.2) is 84.0 Å². The van der Waals surface area contributed by atoms with Crippen LogP contribution in [0.2, 0.25) is 0 Å². The van der Waals surface area contributed by atoms with Crippen LogP contribution in [0.25, 0.3) is 0 Å². The van der Waals surface area contributed by atoms with Crippen molar-refractivity contribution in [1.29, 1.82) is 0 Å². The van der Waals surface area contributed by atoms with E-state index in [2.05, 4.69) is 15.8 Å². The highest BCUT2D eigenvalue weighted by Gasteiger charge is 2.02. The molecule has 0 aliphatic carbocycles. The molecule has 0 aromatic heterocycles. The molecule has 0 radical (unpaired) electrons. The summed E-state index contributed by atoms with van der Waals surface area (Å²) >= 11 is 0. The summed E-state index contributed by atoms with van der Waals surface area (Å²) in [4.78, 5) is 11.8. The quantitative estimate of drug-likeness (QED) is 0.284. The molecule has 7 heteroatoms. The zero-order valence-corrected chi connectivity index (χ0v) is 17.3. The molecule has 2 N–H and O–H groups in total. The van der Waals surface area contributed by atoms with Crippen molar-refractivity contribution in [2.24, 2.45) is 5.10 Å². The van der Waals surface area contributed by atoms with Crippen molar-refractivity contribution in [3.63, 3.8) is 0 Å². The number of carbonyl (C=O) groups is 1. The zero-order valence-electron chi connectivity index (χ0n) is 17.3. The summed E-state index contributed by atoms with van der Waals surface area (Å²) in [5.41, 5.74) is 3.94. The Hall–Kier alpha value is -4.00. The molecule has 0 atom stereocenters. The smallest absolute Gasteiger partial charge is 0.339 e. The number of nitrogens with zero attached hydrogens (tertiary/aromatic N) is 1. The normalized spacial score (nSPS) is 10.5. The second-order valence-electron chi connectivity index (χ2n) is 6.46. The van der Waals surface area contributed by atoms with E-state index in [0.717, 1.165) is 17.7 Å². The average Bonchev–Trinajstić information content (AvgIpc) is 2.80. The highest BCUT2D eigenvalue weighted by molar-refractivity contribution is 5.90. The number of amides is 2. The molecule has 0 spiro atoms. The number of carbonyl (C=O) groups excluding carboxylic acids is 1. The van der Waals surface area contributed by atoms with E-state index >= 15 is 0 Å². The Labute approximate surface area is 181 Å². The first kappa shape index (κ1) is 21.7. The number of hydrogen-bond acceptors (Lipinski definition) is 5. The molecule has 0 aliphatic rings. The number of hydrazone groups is 1. The molecule has 0 saturated carbocycles. The lowest BCUT2D eigenvalue weighted by molar-refractivity contribution is 0.240.